The van der Waals surface area contributed by atoms with Crippen molar-refractivity contribution in [2.45, 2.75) is 19.8 Å². The average molecular weight is 278 g/mol. The Morgan fingerprint density at radius 1 is 1.26 bits per heavy atom. The van der Waals surface area contributed by atoms with E-state index in [-0.39, 0.29) is 5.92 Å². The fraction of sp³-hybridized carbons (Fsp3) is 0.286. The lowest BCUT2D eigenvalue weighted by Crippen LogP contribution is -2.03. The van der Waals surface area contributed by atoms with Gasteiger partial charge in [-0.1, -0.05) is 31.5 Å². The van der Waals surface area contributed by atoms with Crippen molar-refractivity contribution in [3.05, 3.63) is 35.0 Å². The maximum atomic E-state index is 6.23. The van der Waals surface area contributed by atoms with Crippen LogP contribution in [0.25, 0.3) is 11.4 Å². The van der Waals surface area contributed by atoms with Gasteiger partial charge in [0.25, 0.3) is 0 Å². The molecule has 0 atom stereocenters. The molecule has 2 aromatic rings. The molecule has 0 unspecified atom stereocenters. The van der Waals surface area contributed by atoms with Crippen molar-refractivity contribution < 1.29 is 4.74 Å². The molecule has 5 heteroatoms. The number of halogens is 1. The molecule has 4 nitrogen and oxygen atoms in total. The number of anilines is 1. The van der Waals surface area contributed by atoms with Gasteiger partial charge in [-0.25, -0.2) is 9.97 Å². The molecule has 2 N–H and O–H groups in total. The first-order chi connectivity index (χ1) is 9.02. The van der Waals surface area contributed by atoms with E-state index in [0.717, 1.165) is 5.69 Å². The summed E-state index contributed by atoms with van der Waals surface area (Å²) in [5.74, 6) is 1.81. The summed E-state index contributed by atoms with van der Waals surface area (Å²) in [5.41, 5.74) is 7.39. The summed E-state index contributed by atoms with van der Waals surface area (Å²) < 4.78 is 5.32. The summed E-state index contributed by atoms with van der Waals surface area (Å²) in [6.45, 7) is 4.10. The normalized spacial score (nSPS) is 10.8. The largest absolute Gasteiger partial charge is 0.496 e. The zero-order valence-electron chi connectivity index (χ0n) is 11.1. The highest BCUT2D eigenvalue weighted by atomic mass is 35.5. The third-order valence-corrected chi connectivity index (χ3v) is 3.09. The zero-order valence-corrected chi connectivity index (χ0v) is 11.9. The molecule has 0 aliphatic heterocycles. The highest BCUT2D eigenvalue weighted by molar-refractivity contribution is 6.33. The lowest BCUT2D eigenvalue weighted by atomic mass is 10.1. The van der Waals surface area contributed by atoms with Crippen LogP contribution in [0.1, 0.15) is 25.5 Å². The number of ether oxygens (including phenoxy) is 1. The Bertz CT molecular complexity index is 599. The van der Waals surface area contributed by atoms with Gasteiger partial charge >= 0.3 is 0 Å². The van der Waals surface area contributed by atoms with Gasteiger partial charge in [-0.05, 0) is 18.1 Å². The van der Waals surface area contributed by atoms with Crippen LogP contribution in [0.15, 0.2) is 24.3 Å². The first kappa shape index (κ1) is 13.6. The second kappa shape index (κ2) is 5.45. The summed E-state index contributed by atoms with van der Waals surface area (Å²) in [6.07, 6.45) is 0. The van der Waals surface area contributed by atoms with E-state index in [1.165, 1.54) is 0 Å². The summed E-state index contributed by atoms with van der Waals surface area (Å²) in [6, 6.07) is 7.20. The molecule has 1 aromatic carbocycles. The Labute approximate surface area is 117 Å². The lowest BCUT2D eigenvalue weighted by molar-refractivity contribution is 0.416. The van der Waals surface area contributed by atoms with Crippen LogP contribution in [0.5, 0.6) is 5.75 Å². The predicted molar refractivity (Wildman–Crippen MR) is 77.5 cm³/mol. The van der Waals surface area contributed by atoms with E-state index in [1.54, 1.807) is 19.2 Å². The maximum absolute atomic E-state index is 6.23. The van der Waals surface area contributed by atoms with Gasteiger partial charge in [-0.2, -0.15) is 0 Å². The van der Waals surface area contributed by atoms with Crippen LogP contribution in [-0.2, 0) is 0 Å². The molecule has 1 aromatic heterocycles. The smallest absolute Gasteiger partial charge is 0.167 e. The fourth-order valence-electron chi connectivity index (χ4n) is 1.78. The number of benzene rings is 1. The Balaban J connectivity index is 2.65. The zero-order chi connectivity index (χ0) is 14.0. The summed E-state index contributed by atoms with van der Waals surface area (Å²) in [4.78, 5) is 8.78. The van der Waals surface area contributed by atoms with Gasteiger partial charge in [0.2, 0.25) is 0 Å². The number of nitrogen functional groups attached to an aromatic ring is 1. The van der Waals surface area contributed by atoms with E-state index >= 15 is 0 Å². The van der Waals surface area contributed by atoms with Gasteiger partial charge in [-0.3, -0.25) is 0 Å². The van der Waals surface area contributed by atoms with Gasteiger partial charge in [0.05, 0.1) is 17.7 Å². The third kappa shape index (κ3) is 2.79. The molecule has 0 bridgehead atoms. The van der Waals surface area contributed by atoms with Crippen LogP contribution in [0.3, 0.4) is 0 Å². The first-order valence-electron chi connectivity index (χ1n) is 6.00. The van der Waals surface area contributed by atoms with Gasteiger partial charge < -0.3 is 10.5 Å². The standard InChI is InChI=1S/C14H16ClN3O/c1-8(2)10-7-12(16)18-14(17-10)13-9(15)5-4-6-11(13)19-3/h4-8H,1-3H3,(H2,16,17,18). The van der Waals surface area contributed by atoms with E-state index in [2.05, 4.69) is 23.8 Å². The predicted octanol–water partition coefficient (Wildman–Crippen LogP) is 3.51. The van der Waals surface area contributed by atoms with Crippen molar-refractivity contribution in [2.75, 3.05) is 12.8 Å². The average Bonchev–Trinajstić information content (AvgIpc) is 2.37. The topological polar surface area (TPSA) is 61.0 Å². The molecule has 0 saturated heterocycles. The van der Waals surface area contributed by atoms with E-state index in [0.29, 0.717) is 28.0 Å². The summed E-state index contributed by atoms with van der Waals surface area (Å²) in [5, 5.41) is 0.541. The Morgan fingerprint density at radius 2 is 2.00 bits per heavy atom. The Kier molecular flexibility index (Phi) is 3.90. The number of hydrogen-bond donors (Lipinski definition) is 1. The molecule has 0 aliphatic rings. The Hall–Kier alpha value is -1.81. The molecule has 2 rings (SSSR count). The summed E-state index contributed by atoms with van der Waals surface area (Å²) in [7, 11) is 1.59. The van der Waals surface area contributed by atoms with E-state index in [1.807, 2.05) is 12.1 Å². The fourth-order valence-corrected chi connectivity index (χ4v) is 2.04. The second-order valence-electron chi connectivity index (χ2n) is 4.51. The lowest BCUT2D eigenvalue weighted by Gasteiger charge is -2.12. The maximum Gasteiger partial charge on any atom is 0.167 e. The molecule has 0 amide bonds. The van der Waals surface area contributed by atoms with Crippen molar-refractivity contribution in [2.24, 2.45) is 0 Å². The highest BCUT2D eigenvalue weighted by Gasteiger charge is 2.15. The van der Waals surface area contributed by atoms with Gasteiger partial charge in [-0.15, -0.1) is 0 Å². The number of nitrogens with zero attached hydrogens (tertiary/aromatic N) is 2. The van der Waals surface area contributed by atoms with Crippen molar-refractivity contribution in [1.29, 1.82) is 0 Å². The molecule has 0 saturated carbocycles. The number of methoxy groups -OCH3 is 1. The van der Waals surface area contributed by atoms with Gasteiger partial charge in [0.1, 0.15) is 11.6 Å². The minimum Gasteiger partial charge on any atom is -0.496 e. The monoisotopic (exact) mass is 277 g/mol. The Morgan fingerprint density at radius 3 is 2.63 bits per heavy atom. The minimum absolute atomic E-state index is 0.262. The summed E-state index contributed by atoms with van der Waals surface area (Å²) >= 11 is 6.23. The molecule has 19 heavy (non-hydrogen) atoms. The molecule has 0 fully saturated rings. The molecule has 0 radical (unpaired) electrons. The quantitative estimate of drug-likeness (QED) is 0.932. The minimum atomic E-state index is 0.262. The van der Waals surface area contributed by atoms with Crippen molar-refractivity contribution >= 4 is 17.4 Å². The van der Waals surface area contributed by atoms with Gasteiger partial charge in [0, 0.05) is 11.8 Å². The third-order valence-electron chi connectivity index (χ3n) is 2.78. The molecule has 0 spiro atoms. The van der Waals surface area contributed by atoms with E-state index < -0.39 is 0 Å². The molecule has 0 aliphatic carbocycles. The van der Waals surface area contributed by atoms with Crippen LogP contribution in [0, 0.1) is 0 Å². The molecular formula is C14H16ClN3O. The second-order valence-corrected chi connectivity index (χ2v) is 4.92. The van der Waals surface area contributed by atoms with Crippen LogP contribution < -0.4 is 10.5 Å². The number of aromatic nitrogens is 2. The van der Waals surface area contributed by atoms with Crippen molar-refractivity contribution in [1.82, 2.24) is 9.97 Å². The van der Waals surface area contributed by atoms with Crippen LogP contribution in [-0.4, -0.2) is 17.1 Å². The number of nitrogens with two attached hydrogens (primary N) is 1. The van der Waals surface area contributed by atoms with E-state index in [4.69, 9.17) is 22.1 Å². The van der Waals surface area contributed by atoms with Crippen molar-refractivity contribution in [3.63, 3.8) is 0 Å². The van der Waals surface area contributed by atoms with Crippen LogP contribution in [0.2, 0.25) is 5.02 Å². The van der Waals surface area contributed by atoms with Crippen LogP contribution >= 0.6 is 11.6 Å². The van der Waals surface area contributed by atoms with Gasteiger partial charge in [0.15, 0.2) is 5.82 Å². The highest BCUT2D eigenvalue weighted by Crippen LogP contribution is 2.35. The first-order valence-corrected chi connectivity index (χ1v) is 6.38. The molecule has 1 heterocycles. The van der Waals surface area contributed by atoms with Crippen molar-refractivity contribution in [3.8, 4) is 17.1 Å². The number of rotatable bonds is 3. The number of hydrogen-bond acceptors (Lipinski definition) is 4. The SMILES string of the molecule is COc1cccc(Cl)c1-c1nc(N)cc(C(C)C)n1. The molecular weight excluding hydrogens is 262 g/mol. The molecule has 100 valence electrons. The van der Waals surface area contributed by atoms with E-state index in [9.17, 15) is 0 Å². The van der Waals surface area contributed by atoms with Crippen LogP contribution in [0.4, 0.5) is 5.82 Å².